The minimum absolute atomic E-state index is 0.0993. The first kappa shape index (κ1) is 17.7. The number of aryl methyl sites for hydroxylation is 1. The summed E-state index contributed by atoms with van der Waals surface area (Å²) in [5.74, 6) is 0.679. The summed E-state index contributed by atoms with van der Waals surface area (Å²) in [4.78, 5) is 16.7. The fraction of sp³-hybridized carbons (Fsp3) is 0.182. The van der Waals surface area contributed by atoms with Crippen LogP contribution in [0, 0.1) is 6.92 Å². The van der Waals surface area contributed by atoms with Crippen molar-refractivity contribution in [2.75, 3.05) is 7.11 Å². The van der Waals surface area contributed by atoms with E-state index in [4.69, 9.17) is 4.74 Å². The molecule has 0 aliphatic rings. The van der Waals surface area contributed by atoms with Gasteiger partial charge in [-0.25, -0.2) is 0 Å². The molecule has 132 valence electrons. The first-order valence-corrected chi connectivity index (χ1v) is 8.55. The van der Waals surface area contributed by atoms with Crippen LogP contribution in [0.5, 0.6) is 5.75 Å². The normalized spacial score (nSPS) is 11.7. The average Bonchev–Trinajstić information content (AvgIpc) is 2.68. The van der Waals surface area contributed by atoms with Crippen molar-refractivity contribution in [2.24, 2.45) is 0 Å². The Morgan fingerprint density at radius 2 is 1.81 bits per heavy atom. The molecule has 4 nitrogen and oxygen atoms in total. The maximum atomic E-state index is 12.5. The van der Waals surface area contributed by atoms with Gasteiger partial charge in [0.05, 0.1) is 13.2 Å². The number of nitrogens with zero attached hydrogens (tertiary/aromatic N) is 1. The quantitative estimate of drug-likeness (QED) is 0.737. The SMILES string of the molecule is COc1cccc([C@@H](C)NC(=O)c2ccc(-c3ccnc(C)c3)cc2)c1. The van der Waals surface area contributed by atoms with Crippen LogP contribution in [0.4, 0.5) is 0 Å². The molecule has 4 heteroatoms. The Kier molecular flexibility index (Phi) is 5.32. The van der Waals surface area contributed by atoms with Gasteiger partial charge in [0.15, 0.2) is 0 Å². The standard InChI is InChI=1S/C22H22N2O2/c1-15-13-20(11-12-23-15)17-7-9-18(10-8-17)22(25)24-16(2)19-5-4-6-21(14-19)26-3/h4-14,16H,1-3H3,(H,24,25)/t16-/m1/s1. The van der Waals surface area contributed by atoms with Gasteiger partial charge in [-0.2, -0.15) is 0 Å². The summed E-state index contributed by atoms with van der Waals surface area (Å²) in [5.41, 5.74) is 4.76. The zero-order valence-electron chi connectivity index (χ0n) is 15.2. The van der Waals surface area contributed by atoms with Crippen molar-refractivity contribution in [2.45, 2.75) is 19.9 Å². The molecule has 1 aromatic heterocycles. The highest BCUT2D eigenvalue weighted by Crippen LogP contribution is 2.21. The topological polar surface area (TPSA) is 51.2 Å². The van der Waals surface area contributed by atoms with E-state index in [0.717, 1.165) is 28.1 Å². The summed E-state index contributed by atoms with van der Waals surface area (Å²) in [5, 5.41) is 3.03. The number of amides is 1. The third-order valence-electron chi connectivity index (χ3n) is 4.32. The summed E-state index contributed by atoms with van der Waals surface area (Å²) < 4.78 is 5.24. The van der Waals surface area contributed by atoms with Gasteiger partial charge in [0.1, 0.15) is 5.75 Å². The molecule has 0 radical (unpaired) electrons. The van der Waals surface area contributed by atoms with E-state index < -0.39 is 0 Å². The molecule has 1 atom stereocenters. The third kappa shape index (κ3) is 4.09. The predicted molar refractivity (Wildman–Crippen MR) is 103 cm³/mol. The lowest BCUT2D eigenvalue weighted by molar-refractivity contribution is 0.0940. The van der Waals surface area contributed by atoms with Crippen LogP contribution in [0.2, 0.25) is 0 Å². The van der Waals surface area contributed by atoms with Crippen LogP contribution in [0.3, 0.4) is 0 Å². The molecule has 0 aliphatic heterocycles. The number of aromatic nitrogens is 1. The zero-order valence-corrected chi connectivity index (χ0v) is 15.2. The van der Waals surface area contributed by atoms with E-state index in [1.807, 2.05) is 74.5 Å². The Morgan fingerprint density at radius 3 is 2.50 bits per heavy atom. The van der Waals surface area contributed by atoms with E-state index in [1.54, 1.807) is 13.3 Å². The maximum Gasteiger partial charge on any atom is 0.251 e. The molecule has 0 unspecified atom stereocenters. The number of hydrogen-bond acceptors (Lipinski definition) is 3. The Hall–Kier alpha value is -3.14. The number of hydrogen-bond donors (Lipinski definition) is 1. The number of rotatable bonds is 5. The molecule has 1 amide bonds. The van der Waals surface area contributed by atoms with Crippen LogP contribution < -0.4 is 10.1 Å². The molecule has 1 N–H and O–H groups in total. The molecular formula is C22H22N2O2. The Morgan fingerprint density at radius 1 is 1.04 bits per heavy atom. The van der Waals surface area contributed by atoms with Gasteiger partial charge >= 0.3 is 0 Å². The molecule has 3 rings (SSSR count). The zero-order chi connectivity index (χ0) is 18.5. The third-order valence-corrected chi connectivity index (χ3v) is 4.32. The highest BCUT2D eigenvalue weighted by Gasteiger charge is 2.12. The second kappa shape index (κ2) is 7.83. The summed E-state index contributed by atoms with van der Waals surface area (Å²) in [6.07, 6.45) is 1.79. The number of carbonyl (C=O) groups excluding carboxylic acids is 1. The number of benzene rings is 2. The van der Waals surface area contributed by atoms with Crippen molar-refractivity contribution in [3.63, 3.8) is 0 Å². The minimum atomic E-state index is -0.111. The molecular weight excluding hydrogens is 324 g/mol. The summed E-state index contributed by atoms with van der Waals surface area (Å²) in [6, 6.07) is 19.2. The van der Waals surface area contributed by atoms with Crippen molar-refractivity contribution >= 4 is 5.91 Å². The monoisotopic (exact) mass is 346 g/mol. The van der Waals surface area contributed by atoms with Crippen LogP contribution in [-0.2, 0) is 0 Å². The van der Waals surface area contributed by atoms with E-state index in [2.05, 4.69) is 10.3 Å². The fourth-order valence-electron chi connectivity index (χ4n) is 2.81. The summed E-state index contributed by atoms with van der Waals surface area (Å²) in [7, 11) is 1.63. The van der Waals surface area contributed by atoms with Gasteiger partial charge in [-0.1, -0.05) is 24.3 Å². The van der Waals surface area contributed by atoms with Crippen LogP contribution in [0.15, 0.2) is 66.9 Å². The summed E-state index contributed by atoms with van der Waals surface area (Å²) in [6.45, 7) is 3.92. The van der Waals surface area contributed by atoms with Gasteiger partial charge in [-0.3, -0.25) is 9.78 Å². The van der Waals surface area contributed by atoms with Crippen LogP contribution >= 0.6 is 0 Å². The fourth-order valence-corrected chi connectivity index (χ4v) is 2.81. The van der Waals surface area contributed by atoms with E-state index in [9.17, 15) is 4.79 Å². The van der Waals surface area contributed by atoms with Crippen molar-refractivity contribution < 1.29 is 9.53 Å². The first-order chi connectivity index (χ1) is 12.6. The van der Waals surface area contributed by atoms with Crippen molar-refractivity contribution in [1.29, 1.82) is 0 Å². The van der Waals surface area contributed by atoms with Crippen LogP contribution in [0.25, 0.3) is 11.1 Å². The lowest BCUT2D eigenvalue weighted by Crippen LogP contribution is -2.26. The maximum absolute atomic E-state index is 12.5. The second-order valence-electron chi connectivity index (χ2n) is 6.24. The number of carbonyl (C=O) groups is 1. The molecule has 0 saturated carbocycles. The van der Waals surface area contributed by atoms with Gasteiger partial charge in [0, 0.05) is 17.5 Å². The minimum Gasteiger partial charge on any atom is -0.497 e. The molecule has 0 spiro atoms. The number of ether oxygens (including phenoxy) is 1. The highest BCUT2D eigenvalue weighted by molar-refractivity contribution is 5.95. The van der Waals surface area contributed by atoms with E-state index in [0.29, 0.717) is 5.56 Å². The Labute approximate surface area is 153 Å². The van der Waals surface area contributed by atoms with E-state index in [-0.39, 0.29) is 11.9 Å². The van der Waals surface area contributed by atoms with Crippen LogP contribution in [-0.4, -0.2) is 18.0 Å². The Bertz CT molecular complexity index is 904. The molecule has 0 aliphatic carbocycles. The van der Waals surface area contributed by atoms with E-state index in [1.165, 1.54) is 0 Å². The molecule has 0 saturated heterocycles. The van der Waals surface area contributed by atoms with Gasteiger partial charge in [0.2, 0.25) is 0 Å². The predicted octanol–water partition coefficient (Wildman–Crippen LogP) is 4.56. The largest absolute Gasteiger partial charge is 0.497 e. The van der Waals surface area contributed by atoms with Crippen molar-refractivity contribution in [1.82, 2.24) is 10.3 Å². The van der Waals surface area contributed by atoms with Crippen LogP contribution in [0.1, 0.15) is 34.6 Å². The van der Waals surface area contributed by atoms with Crippen molar-refractivity contribution in [3.05, 3.63) is 83.7 Å². The lowest BCUT2D eigenvalue weighted by Gasteiger charge is -2.15. The molecule has 3 aromatic rings. The molecule has 26 heavy (non-hydrogen) atoms. The lowest BCUT2D eigenvalue weighted by atomic mass is 10.0. The first-order valence-electron chi connectivity index (χ1n) is 8.55. The van der Waals surface area contributed by atoms with Gasteiger partial charge < -0.3 is 10.1 Å². The second-order valence-corrected chi connectivity index (χ2v) is 6.24. The summed E-state index contributed by atoms with van der Waals surface area (Å²) >= 11 is 0. The van der Waals surface area contributed by atoms with E-state index >= 15 is 0 Å². The van der Waals surface area contributed by atoms with Gasteiger partial charge in [0.25, 0.3) is 5.91 Å². The molecule has 1 heterocycles. The molecule has 2 aromatic carbocycles. The average molecular weight is 346 g/mol. The number of pyridine rings is 1. The van der Waals surface area contributed by atoms with Gasteiger partial charge in [-0.05, 0) is 66.9 Å². The number of nitrogens with one attached hydrogen (secondary N) is 1. The van der Waals surface area contributed by atoms with Crippen molar-refractivity contribution in [3.8, 4) is 16.9 Å². The van der Waals surface area contributed by atoms with Gasteiger partial charge in [-0.15, -0.1) is 0 Å². The Balaban J connectivity index is 1.71. The number of methoxy groups -OCH3 is 1. The molecule has 0 bridgehead atoms. The molecule has 0 fully saturated rings. The smallest absolute Gasteiger partial charge is 0.251 e. The highest BCUT2D eigenvalue weighted by atomic mass is 16.5.